The summed E-state index contributed by atoms with van der Waals surface area (Å²) in [6, 6.07) is 12.3. The topological polar surface area (TPSA) is 72.5 Å². The third-order valence-electron chi connectivity index (χ3n) is 5.17. The first-order valence-electron chi connectivity index (χ1n) is 10.1. The summed E-state index contributed by atoms with van der Waals surface area (Å²) >= 11 is 0. The molecule has 1 amide bonds. The van der Waals surface area contributed by atoms with E-state index in [1.54, 1.807) is 13.8 Å². The number of nitrogens with zero attached hydrogens (tertiary/aromatic N) is 1. The van der Waals surface area contributed by atoms with Gasteiger partial charge >= 0.3 is 6.36 Å². The molecule has 168 valence electrons. The fourth-order valence-corrected chi connectivity index (χ4v) is 3.45. The second-order valence-corrected chi connectivity index (χ2v) is 8.12. The average molecular weight is 437 g/mol. The molecule has 9 heteroatoms. The second-order valence-electron chi connectivity index (χ2n) is 8.12. The van der Waals surface area contributed by atoms with Gasteiger partial charge in [-0.3, -0.25) is 4.79 Å². The Morgan fingerprint density at radius 1 is 1.19 bits per heavy atom. The summed E-state index contributed by atoms with van der Waals surface area (Å²) in [5.74, 6) is -0.980. The number of nitrogens with one attached hydrogen (secondary N) is 2. The van der Waals surface area contributed by atoms with E-state index in [1.807, 2.05) is 30.3 Å². The molecule has 0 unspecified atom stereocenters. The van der Waals surface area contributed by atoms with Crippen LogP contribution in [0.4, 0.5) is 13.2 Å². The number of hydrogen-bond acceptors (Lipinski definition) is 5. The third-order valence-corrected chi connectivity index (χ3v) is 5.17. The van der Waals surface area contributed by atoms with Gasteiger partial charge in [0.1, 0.15) is 6.61 Å². The summed E-state index contributed by atoms with van der Waals surface area (Å²) < 4.78 is 47.2. The Bertz CT molecular complexity index is 875. The molecule has 2 heterocycles. The molecule has 0 saturated carbocycles. The van der Waals surface area contributed by atoms with Gasteiger partial charge in [-0.15, -0.1) is 13.2 Å². The van der Waals surface area contributed by atoms with Gasteiger partial charge in [0.05, 0.1) is 5.41 Å². The van der Waals surface area contributed by atoms with Crippen molar-refractivity contribution < 1.29 is 27.4 Å². The molecule has 31 heavy (non-hydrogen) atoms. The smallest absolute Gasteiger partial charge is 0.474 e. The molecule has 1 aromatic heterocycles. The Balaban J connectivity index is 1.65. The van der Waals surface area contributed by atoms with Gasteiger partial charge in [0.25, 0.3) is 5.88 Å². The van der Waals surface area contributed by atoms with Crippen LogP contribution in [0.5, 0.6) is 11.6 Å². The molecule has 3 rings (SSSR count). The lowest BCUT2D eigenvalue weighted by atomic mass is 9.85. The molecule has 0 radical (unpaired) electrons. The molecule has 1 aliphatic rings. The molecular weight excluding hydrogens is 411 g/mol. The van der Waals surface area contributed by atoms with Crippen molar-refractivity contribution in [2.24, 2.45) is 5.41 Å². The van der Waals surface area contributed by atoms with E-state index in [0.29, 0.717) is 0 Å². The number of alkyl halides is 3. The van der Waals surface area contributed by atoms with Gasteiger partial charge < -0.3 is 20.1 Å². The molecule has 1 fully saturated rings. The van der Waals surface area contributed by atoms with E-state index in [-0.39, 0.29) is 30.4 Å². The Hall–Kier alpha value is -2.81. The second kappa shape index (κ2) is 9.55. The average Bonchev–Trinajstić information content (AvgIpc) is 2.73. The van der Waals surface area contributed by atoms with Crippen molar-refractivity contribution in [3.63, 3.8) is 0 Å². The quantitative estimate of drug-likeness (QED) is 0.692. The van der Waals surface area contributed by atoms with E-state index in [2.05, 4.69) is 20.4 Å². The highest BCUT2D eigenvalue weighted by Gasteiger charge is 2.36. The molecule has 6 nitrogen and oxygen atoms in total. The third kappa shape index (κ3) is 6.33. The van der Waals surface area contributed by atoms with E-state index >= 15 is 0 Å². The van der Waals surface area contributed by atoms with Gasteiger partial charge in [-0.1, -0.05) is 30.3 Å². The molecule has 0 bridgehead atoms. The fourth-order valence-electron chi connectivity index (χ4n) is 3.45. The van der Waals surface area contributed by atoms with Crippen LogP contribution in [-0.4, -0.2) is 43.0 Å². The summed E-state index contributed by atoms with van der Waals surface area (Å²) in [7, 11) is 0. The van der Waals surface area contributed by atoms with Crippen LogP contribution in [0, 0.1) is 5.41 Å². The number of benzene rings is 1. The minimum absolute atomic E-state index is 0.0607. The van der Waals surface area contributed by atoms with Gasteiger partial charge in [0.2, 0.25) is 5.91 Å². The molecule has 1 saturated heterocycles. The van der Waals surface area contributed by atoms with Crippen LogP contribution in [0.2, 0.25) is 0 Å². The molecule has 0 spiro atoms. The van der Waals surface area contributed by atoms with E-state index in [9.17, 15) is 18.0 Å². The van der Waals surface area contributed by atoms with Gasteiger partial charge in [-0.2, -0.15) is 0 Å². The number of piperidine rings is 1. The van der Waals surface area contributed by atoms with Crippen molar-refractivity contribution in [2.75, 3.05) is 19.7 Å². The zero-order valence-corrected chi connectivity index (χ0v) is 17.4. The highest BCUT2D eigenvalue weighted by Crippen LogP contribution is 2.31. The van der Waals surface area contributed by atoms with Crippen LogP contribution in [-0.2, 0) is 4.79 Å². The summed E-state index contributed by atoms with van der Waals surface area (Å²) in [5, 5.41) is 6.46. The van der Waals surface area contributed by atoms with Crippen molar-refractivity contribution in [3.05, 3.63) is 54.2 Å². The van der Waals surface area contributed by atoms with E-state index in [1.165, 1.54) is 12.3 Å². The first kappa shape index (κ1) is 22.9. The Labute approximate surface area is 179 Å². The van der Waals surface area contributed by atoms with Crippen molar-refractivity contribution >= 4 is 5.91 Å². The number of aromatic nitrogens is 1. The van der Waals surface area contributed by atoms with Crippen LogP contribution in [0.15, 0.2) is 48.7 Å². The van der Waals surface area contributed by atoms with Crippen molar-refractivity contribution in [1.82, 2.24) is 15.6 Å². The van der Waals surface area contributed by atoms with Gasteiger partial charge in [0.15, 0.2) is 5.75 Å². The lowest BCUT2D eigenvalue weighted by Crippen LogP contribution is -2.52. The van der Waals surface area contributed by atoms with Crippen LogP contribution in [0.3, 0.4) is 0 Å². The first-order valence-corrected chi connectivity index (χ1v) is 10.1. The van der Waals surface area contributed by atoms with E-state index in [0.717, 1.165) is 31.1 Å². The molecule has 2 aromatic rings. The summed E-state index contributed by atoms with van der Waals surface area (Å²) in [4.78, 5) is 16.8. The highest BCUT2D eigenvalue weighted by molar-refractivity contribution is 5.82. The number of halogens is 3. The van der Waals surface area contributed by atoms with Crippen LogP contribution in [0.1, 0.15) is 31.7 Å². The largest absolute Gasteiger partial charge is 0.573 e. The fraction of sp³-hybridized carbons (Fsp3) is 0.455. The Morgan fingerprint density at radius 2 is 1.94 bits per heavy atom. The standard InChI is InChI=1S/C22H26F3N3O3/c1-21(2,14-30-19-18(9-6-11-27-19)31-22(23,24)25)20(29)28-17-10-12-26-13-16(17)15-7-4-3-5-8-15/h3-9,11,16-17,26H,10,12-14H2,1-2H3,(H,28,29)/t16-,17-/m1/s1. The maximum atomic E-state index is 13.0. The zero-order chi connectivity index (χ0) is 22.5. The number of pyridine rings is 1. The number of hydrogen-bond donors (Lipinski definition) is 2. The zero-order valence-electron chi connectivity index (χ0n) is 17.4. The van der Waals surface area contributed by atoms with E-state index < -0.39 is 17.5 Å². The summed E-state index contributed by atoms with van der Waals surface area (Å²) in [6.07, 6.45) is -2.80. The molecule has 1 aliphatic heterocycles. The molecule has 2 atom stereocenters. The lowest BCUT2D eigenvalue weighted by Gasteiger charge is -2.35. The summed E-state index contributed by atoms with van der Waals surface area (Å²) in [6.45, 7) is 4.72. The molecule has 1 aromatic carbocycles. The number of carbonyl (C=O) groups is 1. The van der Waals surface area contributed by atoms with Crippen LogP contribution >= 0.6 is 0 Å². The van der Waals surface area contributed by atoms with Crippen LogP contribution in [0.25, 0.3) is 0 Å². The van der Waals surface area contributed by atoms with Crippen LogP contribution < -0.4 is 20.1 Å². The van der Waals surface area contributed by atoms with Gasteiger partial charge in [0, 0.05) is 24.7 Å². The first-order chi connectivity index (χ1) is 14.7. The maximum absolute atomic E-state index is 13.0. The predicted octanol–water partition coefficient (Wildman–Crippen LogP) is 3.65. The van der Waals surface area contributed by atoms with E-state index in [4.69, 9.17) is 4.74 Å². The lowest BCUT2D eigenvalue weighted by molar-refractivity contribution is -0.275. The minimum Gasteiger partial charge on any atom is -0.474 e. The molecule has 0 aliphatic carbocycles. The molecule has 2 N–H and O–H groups in total. The predicted molar refractivity (Wildman–Crippen MR) is 109 cm³/mol. The Morgan fingerprint density at radius 3 is 2.65 bits per heavy atom. The SMILES string of the molecule is CC(C)(COc1ncccc1OC(F)(F)F)C(=O)N[C@@H]1CCNC[C@@H]1c1ccccc1. The highest BCUT2D eigenvalue weighted by atomic mass is 19.4. The molecular formula is C22H26F3N3O3. The van der Waals surface area contributed by atoms with Gasteiger partial charge in [-0.05, 0) is 44.5 Å². The van der Waals surface area contributed by atoms with Crippen molar-refractivity contribution in [1.29, 1.82) is 0 Å². The van der Waals surface area contributed by atoms with Crippen molar-refractivity contribution in [3.8, 4) is 11.6 Å². The normalized spacial score (nSPS) is 19.5. The number of ether oxygens (including phenoxy) is 2. The minimum atomic E-state index is -4.87. The van der Waals surface area contributed by atoms with Gasteiger partial charge in [-0.25, -0.2) is 4.98 Å². The van der Waals surface area contributed by atoms with Crippen molar-refractivity contribution in [2.45, 2.75) is 38.6 Å². The monoisotopic (exact) mass is 437 g/mol. The maximum Gasteiger partial charge on any atom is 0.573 e. The number of amides is 1. The number of carbonyl (C=O) groups excluding carboxylic acids is 1. The number of rotatable bonds is 7. The summed E-state index contributed by atoms with van der Waals surface area (Å²) in [5.41, 5.74) is 0.135. The Kier molecular flexibility index (Phi) is 7.04.